The number of carbonyl (C=O) groups is 2. The van der Waals surface area contributed by atoms with Crippen molar-refractivity contribution < 1.29 is 9.59 Å². The van der Waals surface area contributed by atoms with Crippen LogP contribution in [0.3, 0.4) is 0 Å². The third-order valence-corrected chi connectivity index (χ3v) is 4.10. The van der Waals surface area contributed by atoms with Crippen molar-refractivity contribution in [2.45, 2.75) is 39.0 Å². The van der Waals surface area contributed by atoms with Crippen LogP contribution in [-0.2, 0) is 16.0 Å². The summed E-state index contributed by atoms with van der Waals surface area (Å²) in [5, 5.41) is 5.22. The van der Waals surface area contributed by atoms with E-state index in [1.54, 1.807) is 0 Å². The third-order valence-electron chi connectivity index (χ3n) is 4.10. The largest absolute Gasteiger partial charge is 0.372 e. The van der Waals surface area contributed by atoms with E-state index in [1.807, 2.05) is 6.92 Å². The first-order valence-corrected chi connectivity index (χ1v) is 8.60. The van der Waals surface area contributed by atoms with Gasteiger partial charge >= 0.3 is 11.8 Å². The van der Waals surface area contributed by atoms with Crippen molar-refractivity contribution in [3.63, 3.8) is 0 Å². The van der Waals surface area contributed by atoms with Gasteiger partial charge in [-0.2, -0.15) is 0 Å². The predicted octanol–water partition coefficient (Wildman–Crippen LogP) is 1.86. The van der Waals surface area contributed by atoms with Crippen LogP contribution in [0, 0.1) is 0 Å². The van der Waals surface area contributed by atoms with Crippen molar-refractivity contribution in [2.75, 3.05) is 31.1 Å². The lowest BCUT2D eigenvalue weighted by Gasteiger charge is -2.28. The summed E-state index contributed by atoms with van der Waals surface area (Å²) < 4.78 is 0. The van der Waals surface area contributed by atoms with Gasteiger partial charge < -0.3 is 15.5 Å². The Morgan fingerprint density at radius 3 is 2.17 bits per heavy atom. The Bertz CT molecular complexity index is 508. The molecule has 0 saturated carbocycles. The number of nitrogens with zero attached hydrogens (tertiary/aromatic N) is 1. The first kappa shape index (κ1) is 17.3. The number of hydrogen-bond acceptors (Lipinski definition) is 3. The lowest BCUT2D eigenvalue weighted by molar-refractivity contribution is -0.139. The van der Waals surface area contributed by atoms with Gasteiger partial charge in [-0.3, -0.25) is 9.59 Å². The van der Waals surface area contributed by atoms with Crippen molar-refractivity contribution in [2.24, 2.45) is 0 Å². The number of nitrogens with one attached hydrogen (secondary N) is 2. The zero-order valence-electron chi connectivity index (χ0n) is 13.9. The van der Waals surface area contributed by atoms with Crippen LogP contribution in [0.25, 0.3) is 0 Å². The number of hydrogen-bond donors (Lipinski definition) is 2. The van der Waals surface area contributed by atoms with E-state index >= 15 is 0 Å². The van der Waals surface area contributed by atoms with Gasteiger partial charge in [-0.05, 0) is 49.8 Å². The molecule has 126 valence electrons. The van der Waals surface area contributed by atoms with E-state index in [2.05, 4.69) is 39.8 Å². The Kier molecular flexibility index (Phi) is 6.91. The van der Waals surface area contributed by atoms with Gasteiger partial charge in [-0.1, -0.05) is 19.1 Å². The van der Waals surface area contributed by atoms with Gasteiger partial charge in [0.15, 0.2) is 0 Å². The first-order chi connectivity index (χ1) is 11.2. The Balaban J connectivity index is 1.73. The van der Waals surface area contributed by atoms with Crippen molar-refractivity contribution in [3.05, 3.63) is 29.8 Å². The standard InChI is InChI=1S/C18H27N3O2/c1-2-11-19-17(22)18(23)20-12-10-15-6-8-16(9-7-15)21-13-4-3-5-14-21/h6-9H,2-5,10-14H2,1H3,(H,19,22)(H,20,23). The SMILES string of the molecule is CCCNC(=O)C(=O)NCCc1ccc(N2CCCCC2)cc1. The molecule has 2 amide bonds. The van der Waals surface area contributed by atoms with E-state index in [9.17, 15) is 9.59 Å². The molecule has 23 heavy (non-hydrogen) atoms. The zero-order valence-corrected chi connectivity index (χ0v) is 13.9. The van der Waals surface area contributed by atoms with E-state index in [-0.39, 0.29) is 0 Å². The smallest absolute Gasteiger partial charge is 0.309 e. The lowest BCUT2D eigenvalue weighted by atomic mass is 10.1. The monoisotopic (exact) mass is 317 g/mol. The number of anilines is 1. The van der Waals surface area contributed by atoms with Crippen molar-refractivity contribution in [1.82, 2.24) is 10.6 Å². The molecule has 5 nitrogen and oxygen atoms in total. The molecule has 0 radical (unpaired) electrons. The van der Waals surface area contributed by atoms with Crippen LogP contribution in [0.5, 0.6) is 0 Å². The topological polar surface area (TPSA) is 61.4 Å². The fourth-order valence-corrected chi connectivity index (χ4v) is 2.74. The molecule has 1 saturated heterocycles. The van der Waals surface area contributed by atoms with E-state index in [0.717, 1.165) is 25.9 Å². The number of benzene rings is 1. The summed E-state index contributed by atoms with van der Waals surface area (Å²) >= 11 is 0. The highest BCUT2D eigenvalue weighted by Crippen LogP contribution is 2.20. The van der Waals surface area contributed by atoms with Crippen LogP contribution in [0.15, 0.2) is 24.3 Å². The van der Waals surface area contributed by atoms with Gasteiger partial charge in [0.05, 0.1) is 0 Å². The molecule has 1 aromatic carbocycles. The minimum atomic E-state index is -0.552. The van der Waals surface area contributed by atoms with Crippen LogP contribution in [0.1, 0.15) is 38.2 Å². The molecular weight excluding hydrogens is 290 g/mol. The molecule has 1 heterocycles. The molecule has 5 heteroatoms. The van der Waals surface area contributed by atoms with Gasteiger partial charge in [0, 0.05) is 31.9 Å². The second kappa shape index (κ2) is 9.18. The number of rotatable bonds is 6. The summed E-state index contributed by atoms with van der Waals surface area (Å²) in [5.41, 5.74) is 2.44. The molecule has 2 N–H and O–H groups in total. The first-order valence-electron chi connectivity index (χ1n) is 8.60. The summed E-state index contributed by atoms with van der Waals surface area (Å²) in [5.74, 6) is -1.10. The van der Waals surface area contributed by atoms with Gasteiger partial charge in [-0.15, -0.1) is 0 Å². The van der Waals surface area contributed by atoms with Crippen LogP contribution in [0.2, 0.25) is 0 Å². The van der Waals surface area contributed by atoms with E-state index in [1.165, 1.54) is 30.5 Å². The minimum absolute atomic E-state index is 0.474. The maximum absolute atomic E-state index is 11.6. The second-order valence-corrected chi connectivity index (χ2v) is 5.98. The molecular formula is C18H27N3O2. The summed E-state index contributed by atoms with van der Waals surface area (Å²) in [6.07, 6.45) is 5.43. The number of piperidine rings is 1. The number of carbonyl (C=O) groups excluding carboxylic acids is 2. The summed E-state index contributed by atoms with van der Waals surface area (Å²) in [6.45, 7) is 5.24. The molecule has 0 spiro atoms. The summed E-state index contributed by atoms with van der Waals surface area (Å²) in [6, 6.07) is 8.51. The van der Waals surface area contributed by atoms with Gasteiger partial charge in [-0.25, -0.2) is 0 Å². The van der Waals surface area contributed by atoms with E-state index in [4.69, 9.17) is 0 Å². The quantitative estimate of drug-likeness (QED) is 0.787. The molecule has 0 atom stereocenters. The molecule has 0 unspecified atom stereocenters. The van der Waals surface area contributed by atoms with Gasteiger partial charge in [0.25, 0.3) is 0 Å². The maximum Gasteiger partial charge on any atom is 0.309 e. The maximum atomic E-state index is 11.6. The van der Waals surface area contributed by atoms with Gasteiger partial charge in [0.2, 0.25) is 0 Å². The fourth-order valence-electron chi connectivity index (χ4n) is 2.74. The molecule has 0 bridgehead atoms. The lowest BCUT2D eigenvalue weighted by Crippen LogP contribution is -2.40. The highest BCUT2D eigenvalue weighted by atomic mass is 16.2. The Morgan fingerprint density at radius 1 is 0.957 bits per heavy atom. The molecule has 0 aliphatic carbocycles. The van der Waals surface area contributed by atoms with Crippen LogP contribution >= 0.6 is 0 Å². The Hall–Kier alpha value is -2.04. The fraction of sp³-hybridized carbons (Fsp3) is 0.556. The molecule has 1 aliphatic heterocycles. The minimum Gasteiger partial charge on any atom is -0.372 e. The summed E-state index contributed by atoms with van der Waals surface area (Å²) in [4.78, 5) is 25.4. The van der Waals surface area contributed by atoms with Crippen molar-refractivity contribution in [3.8, 4) is 0 Å². The molecule has 1 aromatic rings. The van der Waals surface area contributed by atoms with E-state index < -0.39 is 11.8 Å². The van der Waals surface area contributed by atoms with Crippen LogP contribution < -0.4 is 15.5 Å². The summed E-state index contributed by atoms with van der Waals surface area (Å²) in [7, 11) is 0. The normalized spacial score (nSPS) is 14.4. The highest BCUT2D eigenvalue weighted by Gasteiger charge is 2.12. The molecule has 2 rings (SSSR count). The van der Waals surface area contributed by atoms with E-state index in [0.29, 0.717) is 13.1 Å². The predicted molar refractivity (Wildman–Crippen MR) is 92.5 cm³/mol. The number of amides is 2. The van der Waals surface area contributed by atoms with Crippen LogP contribution in [0.4, 0.5) is 5.69 Å². The van der Waals surface area contributed by atoms with Crippen molar-refractivity contribution >= 4 is 17.5 Å². The third kappa shape index (κ3) is 5.58. The zero-order chi connectivity index (χ0) is 16.5. The Morgan fingerprint density at radius 2 is 1.57 bits per heavy atom. The second-order valence-electron chi connectivity index (χ2n) is 5.98. The average Bonchev–Trinajstić information content (AvgIpc) is 2.61. The molecule has 1 fully saturated rings. The van der Waals surface area contributed by atoms with Crippen molar-refractivity contribution in [1.29, 1.82) is 0 Å². The highest BCUT2D eigenvalue weighted by molar-refractivity contribution is 6.35. The molecule has 1 aliphatic rings. The van der Waals surface area contributed by atoms with Gasteiger partial charge in [0.1, 0.15) is 0 Å². The Labute approximate surface area is 138 Å². The average molecular weight is 317 g/mol. The van der Waals surface area contributed by atoms with Crippen LogP contribution in [-0.4, -0.2) is 38.0 Å². The molecule has 0 aromatic heterocycles.